The number of anilines is 2. The minimum atomic E-state index is -1.25. The van der Waals surface area contributed by atoms with E-state index in [1.807, 2.05) is 20.8 Å². The van der Waals surface area contributed by atoms with E-state index in [2.05, 4.69) is 39.7 Å². The fraction of sp³-hybridized carbons (Fsp3) is 0.704. The number of ether oxygens (including phenoxy) is 1. The van der Waals surface area contributed by atoms with Crippen LogP contribution in [0, 0.1) is 29.6 Å². The van der Waals surface area contributed by atoms with Gasteiger partial charge in [-0.05, 0) is 77.0 Å². The van der Waals surface area contributed by atoms with Crippen molar-refractivity contribution in [1.29, 1.82) is 0 Å². The number of carbonyl (C=O) groups is 1. The molecule has 0 radical (unpaired) electrons. The Bertz CT molecular complexity index is 956. The first-order valence-electron chi connectivity index (χ1n) is 13.3. The van der Waals surface area contributed by atoms with Gasteiger partial charge in [-0.15, -0.1) is 0 Å². The van der Waals surface area contributed by atoms with Gasteiger partial charge in [-0.3, -0.25) is 9.10 Å². The van der Waals surface area contributed by atoms with E-state index in [4.69, 9.17) is 4.74 Å². The summed E-state index contributed by atoms with van der Waals surface area (Å²) in [6, 6.07) is 3.36. The maximum atomic E-state index is 13.3. The van der Waals surface area contributed by atoms with Crippen LogP contribution in [0.1, 0.15) is 63.7 Å². The Morgan fingerprint density at radius 3 is 2.72 bits per heavy atom. The van der Waals surface area contributed by atoms with Crippen molar-refractivity contribution in [2.45, 2.75) is 64.7 Å². The van der Waals surface area contributed by atoms with Crippen molar-refractivity contribution in [1.82, 2.24) is 15.6 Å². The first kappa shape index (κ1) is 28.4. The van der Waals surface area contributed by atoms with Crippen molar-refractivity contribution in [3.63, 3.8) is 0 Å². The van der Waals surface area contributed by atoms with E-state index in [9.17, 15) is 9.00 Å². The number of carbonyl (C=O) groups excluding carboxylic acids is 1. The molecule has 0 aromatic carbocycles. The van der Waals surface area contributed by atoms with Crippen molar-refractivity contribution in [3.8, 4) is 11.8 Å². The molecule has 1 aromatic heterocycles. The molecule has 2 aliphatic rings. The zero-order valence-corrected chi connectivity index (χ0v) is 23.2. The minimum Gasteiger partial charge on any atom is -0.380 e. The van der Waals surface area contributed by atoms with Gasteiger partial charge >= 0.3 is 0 Å². The Balaban J connectivity index is 1.66. The lowest BCUT2D eigenvalue weighted by atomic mass is 10.1. The molecule has 0 saturated heterocycles. The van der Waals surface area contributed by atoms with Crippen LogP contribution >= 0.6 is 0 Å². The summed E-state index contributed by atoms with van der Waals surface area (Å²) in [5.74, 6) is 9.32. The number of hydrogen-bond acceptors (Lipinski definition) is 6. The summed E-state index contributed by atoms with van der Waals surface area (Å²) in [5.41, 5.74) is 0.490. The van der Waals surface area contributed by atoms with E-state index in [-0.39, 0.29) is 17.2 Å². The summed E-state index contributed by atoms with van der Waals surface area (Å²) in [4.78, 5) is 18.0. The average Bonchev–Trinajstić information content (AvgIpc) is 3.80. The third-order valence-electron chi connectivity index (χ3n) is 6.52. The van der Waals surface area contributed by atoms with Crippen LogP contribution in [0.3, 0.4) is 0 Å². The first-order valence-corrected chi connectivity index (χ1v) is 14.4. The zero-order valence-electron chi connectivity index (χ0n) is 22.4. The van der Waals surface area contributed by atoms with E-state index in [0.29, 0.717) is 54.7 Å². The van der Waals surface area contributed by atoms with Gasteiger partial charge < -0.3 is 20.7 Å². The fourth-order valence-electron chi connectivity index (χ4n) is 3.80. The molecule has 2 unspecified atom stereocenters. The summed E-state index contributed by atoms with van der Waals surface area (Å²) in [7, 11) is 0.500. The highest BCUT2D eigenvalue weighted by Crippen LogP contribution is 2.37. The van der Waals surface area contributed by atoms with Crippen LogP contribution in [0.5, 0.6) is 0 Å². The van der Waals surface area contributed by atoms with Gasteiger partial charge in [-0.25, -0.2) is 9.19 Å². The second-order valence-electron chi connectivity index (χ2n) is 10.2. The van der Waals surface area contributed by atoms with Crippen LogP contribution in [0.15, 0.2) is 12.1 Å². The summed E-state index contributed by atoms with van der Waals surface area (Å²) in [5, 5.41) is 9.79. The van der Waals surface area contributed by atoms with Crippen molar-refractivity contribution in [3.05, 3.63) is 17.7 Å². The molecule has 36 heavy (non-hydrogen) atoms. The van der Waals surface area contributed by atoms with Gasteiger partial charge in [0.15, 0.2) is 0 Å². The van der Waals surface area contributed by atoms with Crippen LogP contribution in [0.2, 0.25) is 0 Å². The number of nitrogens with one attached hydrogen (secondary N) is 3. The largest absolute Gasteiger partial charge is 0.380 e. The molecule has 8 nitrogen and oxygen atoms in total. The number of pyridine rings is 1. The Morgan fingerprint density at radius 1 is 1.33 bits per heavy atom. The Hall–Kier alpha value is -2.15. The molecule has 2 saturated carbocycles. The molecular weight excluding hydrogens is 474 g/mol. The molecule has 3 rings (SSSR count). The van der Waals surface area contributed by atoms with Crippen LogP contribution in [-0.2, 0) is 15.7 Å². The second kappa shape index (κ2) is 14.0. The zero-order chi connectivity index (χ0) is 26.1. The van der Waals surface area contributed by atoms with Gasteiger partial charge in [-0.2, -0.15) is 0 Å². The van der Waals surface area contributed by atoms with Gasteiger partial charge in [0.25, 0.3) is 5.91 Å². The normalized spacial score (nSPS) is 20.3. The van der Waals surface area contributed by atoms with Gasteiger partial charge in [0, 0.05) is 36.9 Å². The van der Waals surface area contributed by atoms with E-state index < -0.39 is 11.0 Å². The average molecular weight is 518 g/mol. The SMILES string of the molecule is CCOC[C@@H](CCNCC#CC1CC1)NC(=O)c1cc(NCC2C[C@@H]2C)nc(N(C)S(=O)C(C)C)c1. The Morgan fingerprint density at radius 2 is 2.08 bits per heavy atom. The molecule has 0 aliphatic heterocycles. The molecule has 2 fully saturated rings. The third kappa shape index (κ3) is 9.38. The van der Waals surface area contributed by atoms with Crippen LogP contribution < -0.4 is 20.3 Å². The molecule has 4 atom stereocenters. The number of aromatic nitrogens is 1. The first-order chi connectivity index (χ1) is 17.3. The van der Waals surface area contributed by atoms with Crippen molar-refractivity contribution >= 4 is 28.5 Å². The molecule has 1 aromatic rings. The van der Waals surface area contributed by atoms with Gasteiger partial charge in [0.2, 0.25) is 0 Å². The van der Waals surface area contributed by atoms with Crippen LogP contribution in [0.4, 0.5) is 11.6 Å². The molecule has 9 heteroatoms. The van der Waals surface area contributed by atoms with E-state index in [0.717, 1.165) is 19.5 Å². The van der Waals surface area contributed by atoms with Gasteiger partial charge in [-0.1, -0.05) is 18.8 Å². The molecular formula is C27H43N5O3S. The predicted molar refractivity (Wildman–Crippen MR) is 147 cm³/mol. The third-order valence-corrected chi connectivity index (χ3v) is 8.05. The standard InChI is InChI=1S/C27H43N5O3S/c1-6-35-18-24(11-13-28-12-7-8-21-9-10-21)30-27(33)22-15-25(29-17-23-14-20(23)4)31-26(16-22)32(5)36(34)19(2)3/h15-16,19-21,23-24,28H,6,9-14,17-18H2,1-5H3,(H,29,31)(H,30,33)/t20-,23?,24+,36?/m0/s1. The highest BCUT2D eigenvalue weighted by Gasteiger charge is 2.32. The lowest BCUT2D eigenvalue weighted by molar-refractivity contribution is 0.0849. The van der Waals surface area contributed by atoms with Crippen LogP contribution in [-0.4, -0.2) is 66.3 Å². The molecule has 3 N–H and O–H groups in total. The molecule has 1 heterocycles. The smallest absolute Gasteiger partial charge is 0.251 e. The summed E-state index contributed by atoms with van der Waals surface area (Å²) in [6.07, 6.45) is 4.39. The molecule has 2 aliphatic carbocycles. The number of rotatable bonds is 15. The topological polar surface area (TPSA) is 95.6 Å². The van der Waals surface area contributed by atoms with E-state index in [1.54, 1.807) is 23.5 Å². The van der Waals surface area contributed by atoms with Crippen molar-refractivity contribution in [2.24, 2.45) is 17.8 Å². The maximum Gasteiger partial charge on any atom is 0.251 e. The van der Waals surface area contributed by atoms with Crippen molar-refractivity contribution in [2.75, 3.05) is 49.5 Å². The van der Waals surface area contributed by atoms with Gasteiger partial charge in [0.1, 0.15) is 22.6 Å². The summed E-state index contributed by atoms with van der Waals surface area (Å²) < 4.78 is 20.0. The minimum absolute atomic E-state index is 0.0601. The highest BCUT2D eigenvalue weighted by molar-refractivity contribution is 7.87. The Labute approximate surface area is 219 Å². The summed E-state index contributed by atoms with van der Waals surface area (Å²) in [6.45, 7) is 11.2. The summed E-state index contributed by atoms with van der Waals surface area (Å²) >= 11 is 0. The second-order valence-corrected chi connectivity index (χ2v) is 12.2. The molecule has 200 valence electrons. The number of nitrogens with zero attached hydrogens (tertiary/aromatic N) is 2. The monoisotopic (exact) mass is 517 g/mol. The molecule has 0 spiro atoms. The maximum absolute atomic E-state index is 13.3. The molecule has 1 amide bonds. The van der Waals surface area contributed by atoms with Crippen LogP contribution in [0.25, 0.3) is 0 Å². The lowest BCUT2D eigenvalue weighted by Crippen LogP contribution is -2.40. The highest BCUT2D eigenvalue weighted by atomic mass is 32.2. The van der Waals surface area contributed by atoms with Gasteiger partial charge in [0.05, 0.1) is 19.2 Å². The molecule has 0 bridgehead atoms. The van der Waals surface area contributed by atoms with Crippen molar-refractivity contribution < 1.29 is 13.7 Å². The predicted octanol–water partition coefficient (Wildman–Crippen LogP) is 3.19. The quantitative estimate of drug-likeness (QED) is 0.244. The van der Waals surface area contributed by atoms with E-state index >= 15 is 0 Å². The lowest BCUT2D eigenvalue weighted by Gasteiger charge is -2.22. The number of amides is 1. The Kier molecular flexibility index (Phi) is 11.0. The fourth-order valence-corrected chi connectivity index (χ4v) is 4.71. The number of hydrogen-bond donors (Lipinski definition) is 3. The van der Waals surface area contributed by atoms with E-state index in [1.165, 1.54) is 19.3 Å².